The normalized spacial score (nSPS) is 25.2. The van der Waals surface area contributed by atoms with Gasteiger partial charge in [-0.3, -0.25) is 9.69 Å². The summed E-state index contributed by atoms with van der Waals surface area (Å²) in [5.41, 5.74) is 0.0999. The second kappa shape index (κ2) is 5.46. The largest absolute Gasteiger partial charge is 0.481 e. The number of carboxylic acid groups (broad SMARTS) is 1. The van der Waals surface area contributed by atoms with E-state index in [9.17, 15) is 4.79 Å². The summed E-state index contributed by atoms with van der Waals surface area (Å²) in [6, 6.07) is 0.308. The maximum absolute atomic E-state index is 10.6. The summed E-state index contributed by atoms with van der Waals surface area (Å²) in [6.07, 6.45) is 2.82. The van der Waals surface area contributed by atoms with Gasteiger partial charge in [0.2, 0.25) is 0 Å². The van der Waals surface area contributed by atoms with Crippen LogP contribution in [0, 0.1) is 0 Å². The van der Waals surface area contributed by atoms with Gasteiger partial charge >= 0.3 is 5.97 Å². The van der Waals surface area contributed by atoms with Crippen molar-refractivity contribution in [2.24, 2.45) is 0 Å². The van der Waals surface area contributed by atoms with Crippen LogP contribution in [0.3, 0.4) is 0 Å². The Morgan fingerprint density at radius 1 is 1.69 bits per heavy atom. The number of carboxylic acids is 1. The number of hydrogen-bond donors (Lipinski definition) is 2. The van der Waals surface area contributed by atoms with Crippen LogP contribution < -0.4 is 5.32 Å². The first-order valence-corrected chi connectivity index (χ1v) is 5.76. The van der Waals surface area contributed by atoms with Crippen LogP contribution in [0.5, 0.6) is 0 Å². The van der Waals surface area contributed by atoms with E-state index in [2.05, 4.69) is 30.6 Å². The average Bonchev–Trinajstić information content (AvgIpc) is 2.15. The Hall–Kier alpha value is -0.870. The average molecular weight is 226 g/mol. The highest BCUT2D eigenvalue weighted by Gasteiger charge is 2.31. The maximum atomic E-state index is 10.6. The third kappa shape index (κ3) is 3.94. The topological polar surface area (TPSA) is 52.6 Å². The minimum absolute atomic E-state index is 0.0999. The zero-order chi connectivity index (χ0) is 12.2. The molecule has 0 radical (unpaired) electrons. The molecule has 0 aliphatic carbocycles. The first-order chi connectivity index (χ1) is 7.44. The fourth-order valence-corrected chi connectivity index (χ4v) is 2.17. The number of hydrogen-bond acceptors (Lipinski definition) is 3. The van der Waals surface area contributed by atoms with Gasteiger partial charge in [0.05, 0.1) is 0 Å². The SMILES string of the molecule is C=CCN1CC(C)(C)NCC1CCC(=O)O. The minimum Gasteiger partial charge on any atom is -0.481 e. The summed E-state index contributed by atoms with van der Waals surface area (Å²) in [5.74, 6) is -0.719. The molecule has 1 atom stereocenters. The number of aliphatic carboxylic acids is 1. The van der Waals surface area contributed by atoms with Crippen molar-refractivity contribution in [2.45, 2.75) is 38.3 Å². The molecule has 4 heteroatoms. The summed E-state index contributed by atoms with van der Waals surface area (Å²) in [4.78, 5) is 12.9. The minimum atomic E-state index is -0.719. The predicted molar refractivity (Wildman–Crippen MR) is 64.5 cm³/mol. The Bertz CT molecular complexity index is 264. The van der Waals surface area contributed by atoms with Crippen molar-refractivity contribution in [3.63, 3.8) is 0 Å². The Morgan fingerprint density at radius 3 is 2.94 bits per heavy atom. The lowest BCUT2D eigenvalue weighted by Crippen LogP contribution is -2.61. The maximum Gasteiger partial charge on any atom is 0.303 e. The van der Waals surface area contributed by atoms with E-state index in [0.29, 0.717) is 12.5 Å². The van der Waals surface area contributed by atoms with Gasteiger partial charge in [-0.05, 0) is 20.3 Å². The van der Waals surface area contributed by atoms with Crippen LogP contribution in [0.25, 0.3) is 0 Å². The molecule has 92 valence electrons. The summed E-state index contributed by atoms with van der Waals surface area (Å²) < 4.78 is 0. The number of nitrogens with zero attached hydrogens (tertiary/aromatic N) is 1. The molecule has 0 aromatic heterocycles. The van der Waals surface area contributed by atoms with Crippen LogP contribution in [0.15, 0.2) is 12.7 Å². The van der Waals surface area contributed by atoms with Gasteiger partial charge in [-0.2, -0.15) is 0 Å². The van der Waals surface area contributed by atoms with E-state index in [4.69, 9.17) is 5.11 Å². The lowest BCUT2D eigenvalue weighted by molar-refractivity contribution is -0.137. The van der Waals surface area contributed by atoms with Gasteiger partial charge in [-0.25, -0.2) is 0 Å². The summed E-state index contributed by atoms with van der Waals surface area (Å²) in [5, 5.41) is 12.2. The van der Waals surface area contributed by atoms with Crippen LogP contribution >= 0.6 is 0 Å². The van der Waals surface area contributed by atoms with Crippen molar-refractivity contribution in [3.05, 3.63) is 12.7 Å². The van der Waals surface area contributed by atoms with Gasteiger partial charge < -0.3 is 10.4 Å². The molecule has 1 aliphatic heterocycles. The van der Waals surface area contributed by atoms with Crippen molar-refractivity contribution < 1.29 is 9.90 Å². The summed E-state index contributed by atoms with van der Waals surface area (Å²) in [6.45, 7) is 10.7. The molecule has 1 fully saturated rings. The molecule has 16 heavy (non-hydrogen) atoms. The second-order valence-electron chi connectivity index (χ2n) is 5.07. The zero-order valence-corrected chi connectivity index (χ0v) is 10.2. The fraction of sp³-hybridized carbons (Fsp3) is 0.750. The third-order valence-corrected chi connectivity index (χ3v) is 2.99. The Morgan fingerprint density at radius 2 is 2.38 bits per heavy atom. The van der Waals surface area contributed by atoms with Gasteiger partial charge in [0.1, 0.15) is 0 Å². The molecule has 0 amide bonds. The Labute approximate surface area is 97.3 Å². The van der Waals surface area contributed by atoms with E-state index in [1.54, 1.807) is 0 Å². The fourth-order valence-electron chi connectivity index (χ4n) is 2.17. The van der Waals surface area contributed by atoms with Crippen LogP contribution in [0.2, 0.25) is 0 Å². The van der Waals surface area contributed by atoms with E-state index in [-0.39, 0.29) is 12.0 Å². The number of carbonyl (C=O) groups is 1. The van der Waals surface area contributed by atoms with E-state index in [1.807, 2.05) is 6.08 Å². The first kappa shape index (κ1) is 13.2. The standard InChI is InChI=1S/C12H22N2O2/c1-4-7-14-9-12(2,3)13-8-10(14)5-6-11(15)16/h4,10,13H,1,5-9H2,2-3H3,(H,15,16). The number of rotatable bonds is 5. The van der Waals surface area contributed by atoms with E-state index < -0.39 is 5.97 Å². The van der Waals surface area contributed by atoms with Crippen LogP contribution in [0.4, 0.5) is 0 Å². The van der Waals surface area contributed by atoms with Crippen molar-refractivity contribution >= 4 is 5.97 Å². The molecule has 0 aromatic rings. The lowest BCUT2D eigenvalue weighted by Gasteiger charge is -2.44. The molecular weight excluding hydrogens is 204 g/mol. The zero-order valence-electron chi connectivity index (χ0n) is 10.2. The quantitative estimate of drug-likeness (QED) is 0.689. The van der Waals surface area contributed by atoms with Gasteiger partial charge in [-0.1, -0.05) is 6.08 Å². The van der Waals surface area contributed by atoms with E-state index in [1.165, 1.54) is 0 Å². The summed E-state index contributed by atoms with van der Waals surface area (Å²) in [7, 11) is 0. The van der Waals surface area contributed by atoms with Gasteiger partial charge in [0, 0.05) is 37.6 Å². The monoisotopic (exact) mass is 226 g/mol. The molecule has 1 aliphatic rings. The van der Waals surface area contributed by atoms with E-state index in [0.717, 1.165) is 19.6 Å². The first-order valence-electron chi connectivity index (χ1n) is 5.76. The molecule has 2 N–H and O–H groups in total. The van der Waals surface area contributed by atoms with Crippen LogP contribution in [0.1, 0.15) is 26.7 Å². The molecule has 1 saturated heterocycles. The van der Waals surface area contributed by atoms with Crippen molar-refractivity contribution in [1.82, 2.24) is 10.2 Å². The smallest absolute Gasteiger partial charge is 0.303 e. The second-order valence-corrected chi connectivity index (χ2v) is 5.07. The Balaban J connectivity index is 2.54. The molecule has 0 aromatic carbocycles. The van der Waals surface area contributed by atoms with Crippen molar-refractivity contribution in [3.8, 4) is 0 Å². The third-order valence-electron chi connectivity index (χ3n) is 2.99. The highest BCUT2D eigenvalue weighted by atomic mass is 16.4. The van der Waals surface area contributed by atoms with Gasteiger partial charge in [-0.15, -0.1) is 6.58 Å². The lowest BCUT2D eigenvalue weighted by atomic mass is 9.96. The highest BCUT2D eigenvalue weighted by Crippen LogP contribution is 2.18. The van der Waals surface area contributed by atoms with Crippen molar-refractivity contribution in [1.29, 1.82) is 0 Å². The predicted octanol–water partition coefficient (Wildman–Crippen LogP) is 1.09. The molecule has 0 bridgehead atoms. The van der Waals surface area contributed by atoms with Crippen LogP contribution in [-0.4, -0.2) is 47.2 Å². The molecule has 0 spiro atoms. The molecule has 0 saturated carbocycles. The Kier molecular flexibility index (Phi) is 4.50. The summed E-state index contributed by atoms with van der Waals surface area (Å²) >= 11 is 0. The molecular formula is C12H22N2O2. The molecule has 4 nitrogen and oxygen atoms in total. The van der Waals surface area contributed by atoms with Crippen molar-refractivity contribution in [2.75, 3.05) is 19.6 Å². The van der Waals surface area contributed by atoms with Gasteiger partial charge in [0.25, 0.3) is 0 Å². The van der Waals surface area contributed by atoms with Crippen LogP contribution in [-0.2, 0) is 4.79 Å². The molecule has 1 unspecified atom stereocenters. The number of piperazine rings is 1. The molecule has 1 heterocycles. The number of nitrogens with one attached hydrogen (secondary N) is 1. The molecule has 1 rings (SSSR count). The highest BCUT2D eigenvalue weighted by molar-refractivity contribution is 5.66. The van der Waals surface area contributed by atoms with E-state index >= 15 is 0 Å². The van der Waals surface area contributed by atoms with Gasteiger partial charge in [0.15, 0.2) is 0 Å².